The summed E-state index contributed by atoms with van der Waals surface area (Å²) < 4.78 is 0. The minimum atomic E-state index is -1.33. The number of likely N-dealkylation sites (tertiary alicyclic amines) is 1. The number of primary amides is 1. The molecule has 13 nitrogen and oxygen atoms in total. The third-order valence-corrected chi connectivity index (χ3v) is 6.37. The molecule has 1 rings (SSSR count). The fourth-order valence-corrected chi connectivity index (χ4v) is 3.92. The van der Waals surface area contributed by atoms with Crippen molar-refractivity contribution in [2.75, 3.05) is 6.54 Å². The van der Waals surface area contributed by atoms with Gasteiger partial charge in [-0.15, -0.1) is 0 Å². The van der Waals surface area contributed by atoms with Gasteiger partial charge in [0.15, 0.2) is 0 Å². The fourth-order valence-electron chi connectivity index (χ4n) is 3.92. The normalized spacial score (nSPS) is 19.5. The lowest BCUT2D eigenvalue weighted by Crippen LogP contribution is -2.59. The van der Waals surface area contributed by atoms with Crippen molar-refractivity contribution < 1.29 is 33.9 Å². The number of carboxylic acid groups (broad SMARTS) is 1. The average Bonchev–Trinajstić information content (AvgIpc) is 3.28. The van der Waals surface area contributed by atoms with Crippen LogP contribution in [0.15, 0.2) is 0 Å². The smallest absolute Gasteiger partial charge is 0.305 e. The van der Waals surface area contributed by atoms with E-state index in [-0.39, 0.29) is 11.8 Å². The van der Waals surface area contributed by atoms with Crippen LogP contribution in [-0.4, -0.2) is 82.3 Å². The van der Waals surface area contributed by atoms with Crippen LogP contribution >= 0.6 is 0 Å². The Balaban J connectivity index is 2.91. The summed E-state index contributed by atoms with van der Waals surface area (Å²) >= 11 is 0. The predicted molar refractivity (Wildman–Crippen MR) is 130 cm³/mol. The van der Waals surface area contributed by atoms with Gasteiger partial charge in [0.05, 0.1) is 12.5 Å². The highest BCUT2D eigenvalue weighted by molar-refractivity contribution is 5.96. The van der Waals surface area contributed by atoms with Crippen LogP contribution in [0.25, 0.3) is 0 Å². The van der Waals surface area contributed by atoms with Gasteiger partial charge in [0.2, 0.25) is 29.5 Å². The summed E-state index contributed by atoms with van der Waals surface area (Å²) in [5.41, 5.74) is 11.0. The van der Waals surface area contributed by atoms with E-state index >= 15 is 0 Å². The molecule has 1 saturated heterocycles. The van der Waals surface area contributed by atoms with E-state index in [9.17, 15) is 28.8 Å². The molecule has 0 aromatic rings. The standard InChI is InChI=1S/C23H40N6O7/c1-6-12(4)18(19(25)32)28-22(35)15-8-7-9-29(15)23(36)17(11(2)3)27-20(33)13(5)26-21(34)14(24)10-16(30)31/h11-15,17-18H,6-10,24H2,1-5H3,(H2,25,32)(H,26,34)(H,27,33)(H,28,35)(H,30,31)/t12?,13-,14-,15-,17-,18-/m0/s1. The zero-order valence-corrected chi connectivity index (χ0v) is 21.6. The minimum absolute atomic E-state index is 0.181. The van der Waals surface area contributed by atoms with Crippen LogP contribution in [0.5, 0.6) is 0 Å². The molecule has 36 heavy (non-hydrogen) atoms. The number of aliphatic carboxylic acids is 1. The fraction of sp³-hybridized carbons (Fsp3) is 0.739. The highest BCUT2D eigenvalue weighted by Crippen LogP contribution is 2.21. The maximum absolute atomic E-state index is 13.4. The van der Waals surface area contributed by atoms with Crippen LogP contribution < -0.4 is 27.4 Å². The third-order valence-electron chi connectivity index (χ3n) is 6.37. The van der Waals surface area contributed by atoms with E-state index in [1.54, 1.807) is 20.8 Å². The van der Waals surface area contributed by atoms with Gasteiger partial charge in [0, 0.05) is 6.54 Å². The number of hydrogen-bond acceptors (Lipinski definition) is 7. The quantitative estimate of drug-likeness (QED) is 0.169. The molecule has 1 fully saturated rings. The first-order chi connectivity index (χ1) is 16.7. The number of carboxylic acids is 1. The molecule has 0 aliphatic carbocycles. The first-order valence-electron chi connectivity index (χ1n) is 12.2. The number of hydrogen-bond donors (Lipinski definition) is 6. The van der Waals surface area contributed by atoms with Gasteiger partial charge >= 0.3 is 5.97 Å². The Morgan fingerprint density at radius 3 is 2.08 bits per heavy atom. The molecule has 1 unspecified atom stereocenters. The van der Waals surface area contributed by atoms with Crippen molar-refractivity contribution in [3.05, 3.63) is 0 Å². The Morgan fingerprint density at radius 2 is 1.58 bits per heavy atom. The lowest BCUT2D eigenvalue weighted by molar-refractivity contribution is -0.143. The van der Waals surface area contributed by atoms with Crippen molar-refractivity contribution in [3.8, 4) is 0 Å². The molecule has 1 aliphatic heterocycles. The van der Waals surface area contributed by atoms with Crippen molar-refractivity contribution in [2.45, 2.75) is 90.5 Å². The van der Waals surface area contributed by atoms with Crippen molar-refractivity contribution in [3.63, 3.8) is 0 Å². The SMILES string of the molecule is CCC(C)[C@H](NC(=O)[C@@H]1CCCN1C(=O)[C@@H](NC(=O)[C@H](C)NC(=O)[C@@H](N)CC(=O)O)C(C)C)C(N)=O. The van der Waals surface area contributed by atoms with Gasteiger partial charge in [-0.1, -0.05) is 34.1 Å². The number of nitrogens with two attached hydrogens (primary N) is 2. The second kappa shape index (κ2) is 13.8. The van der Waals surface area contributed by atoms with Crippen LogP contribution in [0.1, 0.15) is 60.3 Å². The Kier molecular flexibility index (Phi) is 11.8. The molecule has 1 heterocycles. The van der Waals surface area contributed by atoms with Crippen LogP contribution in [0.2, 0.25) is 0 Å². The first-order valence-corrected chi connectivity index (χ1v) is 12.2. The largest absolute Gasteiger partial charge is 0.481 e. The molecule has 0 spiro atoms. The summed E-state index contributed by atoms with van der Waals surface area (Å²) in [7, 11) is 0. The monoisotopic (exact) mass is 512 g/mol. The van der Waals surface area contributed by atoms with E-state index < -0.39 is 72.1 Å². The van der Waals surface area contributed by atoms with Gasteiger partial charge in [0.25, 0.3) is 0 Å². The summed E-state index contributed by atoms with van der Waals surface area (Å²) in [6.07, 6.45) is 0.995. The lowest BCUT2D eigenvalue weighted by atomic mass is 9.98. The summed E-state index contributed by atoms with van der Waals surface area (Å²) in [4.78, 5) is 75.1. The second-order valence-electron chi connectivity index (χ2n) is 9.63. The number of carbonyl (C=O) groups is 6. The average molecular weight is 513 g/mol. The van der Waals surface area contributed by atoms with Crippen LogP contribution in [0, 0.1) is 11.8 Å². The molecule has 0 radical (unpaired) electrons. The van der Waals surface area contributed by atoms with E-state index in [0.717, 1.165) is 0 Å². The van der Waals surface area contributed by atoms with E-state index in [0.29, 0.717) is 25.8 Å². The molecular weight excluding hydrogens is 472 g/mol. The predicted octanol–water partition coefficient (Wildman–Crippen LogP) is -1.56. The zero-order chi connectivity index (χ0) is 27.7. The molecule has 0 saturated carbocycles. The van der Waals surface area contributed by atoms with Gasteiger partial charge in [-0.05, 0) is 31.6 Å². The molecule has 204 valence electrons. The van der Waals surface area contributed by atoms with Gasteiger partial charge in [-0.2, -0.15) is 0 Å². The molecule has 0 bridgehead atoms. The van der Waals surface area contributed by atoms with E-state index in [4.69, 9.17) is 16.6 Å². The summed E-state index contributed by atoms with van der Waals surface area (Å²) in [5.74, 6) is -4.85. The molecule has 8 N–H and O–H groups in total. The van der Waals surface area contributed by atoms with Crippen molar-refractivity contribution in [1.82, 2.24) is 20.9 Å². The number of nitrogens with zero attached hydrogens (tertiary/aromatic N) is 1. The van der Waals surface area contributed by atoms with Crippen LogP contribution in [0.4, 0.5) is 0 Å². The maximum atomic E-state index is 13.4. The first kappa shape index (κ1) is 30.8. The minimum Gasteiger partial charge on any atom is -0.481 e. The van der Waals surface area contributed by atoms with Crippen molar-refractivity contribution in [1.29, 1.82) is 0 Å². The Bertz CT molecular complexity index is 849. The summed E-state index contributed by atoms with van der Waals surface area (Å²) in [6.45, 7) is 8.81. The van der Waals surface area contributed by atoms with Crippen molar-refractivity contribution >= 4 is 35.5 Å². The number of nitrogens with one attached hydrogen (secondary N) is 3. The lowest BCUT2D eigenvalue weighted by Gasteiger charge is -2.32. The molecule has 0 aromatic heterocycles. The molecule has 1 aliphatic rings. The zero-order valence-electron chi connectivity index (χ0n) is 21.6. The number of carbonyl (C=O) groups excluding carboxylic acids is 5. The van der Waals surface area contributed by atoms with Gasteiger partial charge < -0.3 is 37.4 Å². The van der Waals surface area contributed by atoms with Gasteiger partial charge in [0.1, 0.15) is 24.2 Å². The molecule has 6 atom stereocenters. The highest BCUT2D eigenvalue weighted by atomic mass is 16.4. The second-order valence-corrected chi connectivity index (χ2v) is 9.63. The number of rotatable bonds is 13. The van der Waals surface area contributed by atoms with E-state index in [2.05, 4.69) is 16.0 Å². The molecule has 0 aromatic carbocycles. The highest BCUT2D eigenvalue weighted by Gasteiger charge is 2.40. The Labute approximate surface area is 211 Å². The Hall–Kier alpha value is -3.22. The van der Waals surface area contributed by atoms with Gasteiger partial charge in [-0.3, -0.25) is 28.8 Å². The van der Waals surface area contributed by atoms with E-state index in [1.807, 2.05) is 6.92 Å². The molecule has 13 heteroatoms. The van der Waals surface area contributed by atoms with E-state index in [1.165, 1.54) is 11.8 Å². The molecule has 5 amide bonds. The maximum Gasteiger partial charge on any atom is 0.305 e. The van der Waals surface area contributed by atoms with Crippen LogP contribution in [-0.2, 0) is 28.8 Å². The topological polar surface area (TPSA) is 214 Å². The van der Waals surface area contributed by atoms with Gasteiger partial charge in [-0.25, -0.2) is 0 Å². The Morgan fingerprint density at radius 1 is 0.972 bits per heavy atom. The summed E-state index contributed by atoms with van der Waals surface area (Å²) in [6, 6.07) is -5.08. The third kappa shape index (κ3) is 8.47. The van der Waals surface area contributed by atoms with Crippen LogP contribution in [0.3, 0.4) is 0 Å². The summed E-state index contributed by atoms with van der Waals surface area (Å²) in [5, 5.41) is 16.4. The number of amides is 5. The molecular formula is C23H40N6O7. The van der Waals surface area contributed by atoms with Crippen molar-refractivity contribution in [2.24, 2.45) is 23.3 Å².